The molecule has 4 aromatic rings. The van der Waals surface area contributed by atoms with Crippen LogP contribution in [0.3, 0.4) is 0 Å². The van der Waals surface area contributed by atoms with Gasteiger partial charge in [0.15, 0.2) is 6.61 Å². The molecule has 0 atom stereocenters. The van der Waals surface area contributed by atoms with Crippen LogP contribution in [0, 0.1) is 0 Å². The van der Waals surface area contributed by atoms with Crippen LogP contribution in [-0.4, -0.2) is 45.9 Å². The molecule has 0 unspecified atom stereocenters. The molecule has 9 nitrogen and oxygen atoms in total. The molecule has 0 aromatic heterocycles. The fraction of sp³-hybridized carbons (Fsp3) is 0.107. The molecule has 39 heavy (non-hydrogen) atoms. The molecule has 11 heteroatoms. The summed E-state index contributed by atoms with van der Waals surface area (Å²) in [6.07, 6.45) is 2.46. The number of carbonyl (C=O) groups excluding carboxylic acids is 2. The smallest absolute Gasteiger partial charge is 0.262 e. The van der Waals surface area contributed by atoms with Gasteiger partial charge in [-0.2, -0.15) is 5.10 Å². The molecular weight excluding hydrogens is 540 g/mol. The van der Waals surface area contributed by atoms with Gasteiger partial charge in [-0.25, -0.2) is 13.8 Å². The van der Waals surface area contributed by atoms with Crippen molar-refractivity contribution in [2.24, 2.45) is 5.10 Å². The Morgan fingerprint density at radius 2 is 1.67 bits per heavy atom. The lowest BCUT2D eigenvalue weighted by Gasteiger charge is -2.23. The number of sulfonamides is 1. The first-order valence-electron chi connectivity index (χ1n) is 11.7. The minimum atomic E-state index is -3.75. The normalized spacial score (nSPS) is 11.3. The van der Waals surface area contributed by atoms with Crippen molar-refractivity contribution in [3.05, 3.63) is 102 Å². The maximum atomic E-state index is 12.6. The molecule has 0 aliphatic heterocycles. The number of anilines is 2. The van der Waals surface area contributed by atoms with E-state index >= 15 is 0 Å². The molecule has 0 aliphatic rings. The first-order chi connectivity index (χ1) is 18.7. The van der Waals surface area contributed by atoms with E-state index in [0.29, 0.717) is 33.1 Å². The van der Waals surface area contributed by atoms with Gasteiger partial charge in [-0.1, -0.05) is 54.1 Å². The summed E-state index contributed by atoms with van der Waals surface area (Å²) in [5, 5.41) is 8.71. The van der Waals surface area contributed by atoms with E-state index in [4.69, 9.17) is 16.3 Å². The molecule has 200 valence electrons. The number of hydrogen-bond donors (Lipinski definition) is 2. The van der Waals surface area contributed by atoms with Crippen molar-refractivity contribution in [1.82, 2.24) is 5.43 Å². The predicted molar refractivity (Wildman–Crippen MR) is 154 cm³/mol. The summed E-state index contributed by atoms with van der Waals surface area (Å²) >= 11 is 5.91. The third kappa shape index (κ3) is 7.79. The Labute approximate surface area is 231 Å². The molecule has 0 bridgehead atoms. The number of rotatable bonds is 10. The van der Waals surface area contributed by atoms with Gasteiger partial charge in [-0.3, -0.25) is 13.9 Å². The van der Waals surface area contributed by atoms with Gasteiger partial charge >= 0.3 is 0 Å². The Balaban J connectivity index is 1.31. The van der Waals surface area contributed by atoms with Crippen molar-refractivity contribution in [3.63, 3.8) is 0 Å². The topological polar surface area (TPSA) is 117 Å². The Morgan fingerprint density at radius 1 is 0.949 bits per heavy atom. The molecule has 0 saturated heterocycles. The first kappa shape index (κ1) is 27.6. The summed E-state index contributed by atoms with van der Waals surface area (Å²) < 4.78 is 31.6. The van der Waals surface area contributed by atoms with E-state index in [-0.39, 0.29) is 12.5 Å². The minimum absolute atomic E-state index is 0.191. The summed E-state index contributed by atoms with van der Waals surface area (Å²) in [7, 11) is -3.75. The number of ether oxygens (including phenoxy) is 1. The lowest BCUT2D eigenvalue weighted by Crippen LogP contribution is -2.39. The van der Waals surface area contributed by atoms with Gasteiger partial charge in [0, 0.05) is 16.1 Å². The number of amides is 2. The molecule has 2 N–H and O–H groups in total. The molecule has 0 spiro atoms. The van der Waals surface area contributed by atoms with Crippen molar-refractivity contribution in [1.29, 1.82) is 0 Å². The number of nitrogens with zero attached hydrogens (tertiary/aromatic N) is 2. The van der Waals surface area contributed by atoms with Crippen LogP contribution in [0.15, 0.2) is 96.1 Å². The van der Waals surface area contributed by atoms with Crippen LogP contribution in [0.25, 0.3) is 10.8 Å². The van der Waals surface area contributed by atoms with E-state index in [1.807, 2.05) is 24.3 Å². The lowest BCUT2D eigenvalue weighted by molar-refractivity contribution is -0.119. The highest BCUT2D eigenvalue weighted by molar-refractivity contribution is 7.92. The second-order valence-electron chi connectivity index (χ2n) is 8.48. The molecule has 0 fully saturated rings. The summed E-state index contributed by atoms with van der Waals surface area (Å²) in [6.45, 7) is -0.627. The van der Waals surface area contributed by atoms with Crippen molar-refractivity contribution in [3.8, 4) is 5.75 Å². The van der Waals surface area contributed by atoms with Gasteiger partial charge in [0.1, 0.15) is 12.3 Å². The summed E-state index contributed by atoms with van der Waals surface area (Å²) in [6, 6.07) is 26.1. The van der Waals surface area contributed by atoms with E-state index < -0.39 is 22.5 Å². The monoisotopic (exact) mass is 564 g/mol. The van der Waals surface area contributed by atoms with Gasteiger partial charge in [-0.05, 0) is 59.5 Å². The summed E-state index contributed by atoms with van der Waals surface area (Å²) in [4.78, 5) is 24.6. The van der Waals surface area contributed by atoms with Crippen molar-refractivity contribution >= 4 is 61.8 Å². The van der Waals surface area contributed by atoms with Crippen LogP contribution in [0.4, 0.5) is 11.4 Å². The number of halogens is 1. The van der Waals surface area contributed by atoms with Gasteiger partial charge in [0.2, 0.25) is 10.0 Å². The van der Waals surface area contributed by atoms with Crippen molar-refractivity contribution in [2.75, 3.05) is 29.0 Å². The van der Waals surface area contributed by atoms with Crippen molar-refractivity contribution in [2.45, 2.75) is 0 Å². The lowest BCUT2D eigenvalue weighted by atomic mass is 10.1. The Bertz CT molecular complexity index is 1620. The Kier molecular flexibility index (Phi) is 8.80. The highest BCUT2D eigenvalue weighted by Gasteiger charge is 2.22. The largest absolute Gasteiger partial charge is 0.484 e. The predicted octanol–water partition coefficient (Wildman–Crippen LogP) is 4.43. The Morgan fingerprint density at radius 3 is 2.41 bits per heavy atom. The van der Waals surface area contributed by atoms with Gasteiger partial charge in [-0.15, -0.1) is 0 Å². The average molecular weight is 565 g/mol. The standard InChI is InChI=1S/C28H25ClN4O5S/c1-39(36,37)33(26-11-4-7-21-6-2-3-10-25(21)26)18-27(34)32-30-17-20-12-14-24(15-13-20)38-19-28(35)31-23-9-5-8-22(29)16-23/h2-17H,18-19H2,1H3,(H,31,35)(H,32,34)/b30-17-. The maximum Gasteiger partial charge on any atom is 0.262 e. The zero-order chi connectivity index (χ0) is 27.8. The molecule has 4 rings (SSSR count). The third-order valence-corrected chi connectivity index (χ3v) is 6.85. The molecule has 0 radical (unpaired) electrons. The van der Waals surface area contributed by atoms with E-state index in [2.05, 4.69) is 15.8 Å². The molecule has 0 saturated carbocycles. The first-order valence-corrected chi connectivity index (χ1v) is 14.0. The molecular formula is C28H25ClN4O5S. The highest BCUT2D eigenvalue weighted by atomic mass is 35.5. The molecule has 0 aliphatic carbocycles. The number of hydrazone groups is 1. The quantitative estimate of drug-likeness (QED) is 0.218. The van der Waals surface area contributed by atoms with E-state index in [1.165, 1.54) is 6.21 Å². The maximum absolute atomic E-state index is 12.6. The summed E-state index contributed by atoms with van der Waals surface area (Å²) in [5.41, 5.74) is 4.00. The molecule has 2 amide bonds. The minimum Gasteiger partial charge on any atom is -0.484 e. The second-order valence-corrected chi connectivity index (χ2v) is 10.8. The number of carbonyl (C=O) groups is 2. The van der Waals surface area contributed by atoms with Crippen LogP contribution in [0.1, 0.15) is 5.56 Å². The van der Waals surface area contributed by atoms with E-state index in [1.54, 1.807) is 66.7 Å². The number of benzene rings is 4. The third-order valence-electron chi connectivity index (χ3n) is 5.48. The SMILES string of the molecule is CS(=O)(=O)N(CC(=O)N/N=C\c1ccc(OCC(=O)Nc2cccc(Cl)c2)cc1)c1cccc2ccccc12. The van der Waals surface area contributed by atoms with Crippen LogP contribution >= 0.6 is 11.6 Å². The molecule has 0 heterocycles. The van der Waals surface area contributed by atoms with Gasteiger partial charge in [0.05, 0.1) is 18.2 Å². The van der Waals surface area contributed by atoms with Crippen LogP contribution in [0.5, 0.6) is 5.75 Å². The van der Waals surface area contributed by atoms with Crippen molar-refractivity contribution < 1.29 is 22.7 Å². The van der Waals surface area contributed by atoms with E-state index in [0.717, 1.165) is 15.9 Å². The fourth-order valence-electron chi connectivity index (χ4n) is 3.71. The van der Waals surface area contributed by atoms with Crippen LogP contribution < -0.4 is 19.8 Å². The molecule has 4 aromatic carbocycles. The average Bonchev–Trinajstić information content (AvgIpc) is 2.90. The van der Waals surface area contributed by atoms with Gasteiger partial charge < -0.3 is 10.1 Å². The number of fused-ring (bicyclic) bond motifs is 1. The highest BCUT2D eigenvalue weighted by Crippen LogP contribution is 2.28. The second kappa shape index (κ2) is 12.4. The Hall–Kier alpha value is -4.41. The van der Waals surface area contributed by atoms with E-state index in [9.17, 15) is 18.0 Å². The van der Waals surface area contributed by atoms with Crippen LogP contribution in [-0.2, 0) is 19.6 Å². The fourth-order valence-corrected chi connectivity index (χ4v) is 4.77. The summed E-state index contributed by atoms with van der Waals surface area (Å²) in [5.74, 6) is -0.469. The zero-order valence-electron chi connectivity index (χ0n) is 20.9. The zero-order valence-corrected chi connectivity index (χ0v) is 22.4. The van der Waals surface area contributed by atoms with Gasteiger partial charge in [0.25, 0.3) is 11.8 Å². The van der Waals surface area contributed by atoms with Crippen LogP contribution in [0.2, 0.25) is 5.02 Å². The number of hydrogen-bond acceptors (Lipinski definition) is 6. The number of nitrogens with one attached hydrogen (secondary N) is 2.